The molecule has 4 rings (SSSR count). The van der Waals surface area contributed by atoms with Gasteiger partial charge in [0, 0.05) is 11.3 Å². The third-order valence-electron chi connectivity index (χ3n) is 5.25. The van der Waals surface area contributed by atoms with Crippen molar-refractivity contribution in [1.82, 2.24) is 9.78 Å². The van der Waals surface area contributed by atoms with Crippen molar-refractivity contribution in [3.63, 3.8) is 0 Å². The van der Waals surface area contributed by atoms with Crippen molar-refractivity contribution in [1.29, 1.82) is 0 Å². The quantitative estimate of drug-likeness (QED) is 0.367. The van der Waals surface area contributed by atoms with Gasteiger partial charge < -0.3 is 14.8 Å². The molecule has 7 heteroatoms. The molecule has 0 aliphatic rings. The van der Waals surface area contributed by atoms with E-state index in [1.54, 1.807) is 36.1 Å². The molecule has 0 aliphatic heterocycles. The van der Waals surface area contributed by atoms with E-state index >= 15 is 0 Å². The first-order valence-electron chi connectivity index (χ1n) is 10.4. The number of aromatic nitrogens is 2. The number of nitrogens with zero attached hydrogens (tertiary/aromatic N) is 2. The Morgan fingerprint density at radius 1 is 0.939 bits per heavy atom. The molecule has 0 saturated heterocycles. The maximum absolute atomic E-state index is 12.6. The van der Waals surface area contributed by atoms with Crippen LogP contribution in [0.15, 0.2) is 72.8 Å². The highest BCUT2D eigenvalue weighted by Gasteiger charge is 2.11. The second-order valence-electron chi connectivity index (χ2n) is 7.56. The van der Waals surface area contributed by atoms with Gasteiger partial charge in [0.1, 0.15) is 18.1 Å². The number of benzene rings is 3. The van der Waals surface area contributed by atoms with Crippen molar-refractivity contribution in [2.45, 2.75) is 20.5 Å². The molecule has 1 N–H and O–H groups in total. The summed E-state index contributed by atoms with van der Waals surface area (Å²) >= 11 is 6.24. The molecule has 0 atom stereocenters. The number of hydrogen-bond donors (Lipinski definition) is 1. The number of nitrogens with one attached hydrogen (secondary N) is 1. The smallest absolute Gasteiger partial charge is 0.255 e. The third-order valence-corrected chi connectivity index (χ3v) is 5.80. The lowest BCUT2D eigenvalue weighted by molar-refractivity contribution is 0.102. The lowest BCUT2D eigenvalue weighted by Crippen LogP contribution is -2.12. The van der Waals surface area contributed by atoms with E-state index in [-0.39, 0.29) is 5.91 Å². The van der Waals surface area contributed by atoms with Crippen LogP contribution in [0.5, 0.6) is 11.5 Å². The topological polar surface area (TPSA) is 65.4 Å². The van der Waals surface area contributed by atoms with E-state index in [1.165, 1.54) is 0 Å². The highest BCUT2D eigenvalue weighted by molar-refractivity contribution is 6.31. The second-order valence-corrected chi connectivity index (χ2v) is 7.94. The molecule has 0 fully saturated rings. The molecule has 0 spiro atoms. The Balaban J connectivity index is 1.35. The van der Waals surface area contributed by atoms with Gasteiger partial charge in [0.15, 0.2) is 0 Å². The minimum Gasteiger partial charge on any atom is -0.497 e. The first-order chi connectivity index (χ1) is 15.9. The largest absolute Gasteiger partial charge is 0.497 e. The Morgan fingerprint density at radius 2 is 1.58 bits per heavy atom. The zero-order valence-corrected chi connectivity index (χ0v) is 19.4. The molecule has 168 valence electrons. The highest BCUT2D eigenvalue weighted by atomic mass is 35.5. The van der Waals surface area contributed by atoms with E-state index in [0.717, 1.165) is 28.4 Å². The fraction of sp³-hybridized carbons (Fsp3) is 0.154. The van der Waals surface area contributed by atoms with Crippen molar-refractivity contribution in [3.8, 4) is 17.2 Å². The Kier molecular flexibility index (Phi) is 6.66. The molecular formula is C26H24ClN3O3. The number of halogens is 1. The molecule has 0 bridgehead atoms. The van der Waals surface area contributed by atoms with Crippen LogP contribution in [0, 0.1) is 13.8 Å². The van der Waals surface area contributed by atoms with Gasteiger partial charge in [0.05, 0.1) is 29.2 Å². The zero-order chi connectivity index (χ0) is 23.4. The zero-order valence-electron chi connectivity index (χ0n) is 18.6. The summed E-state index contributed by atoms with van der Waals surface area (Å²) in [6.07, 6.45) is 0. The van der Waals surface area contributed by atoms with Crippen LogP contribution in [0.1, 0.15) is 27.3 Å². The summed E-state index contributed by atoms with van der Waals surface area (Å²) in [5.41, 5.74) is 4.79. The normalized spacial score (nSPS) is 10.7. The molecule has 0 saturated carbocycles. The fourth-order valence-electron chi connectivity index (χ4n) is 3.36. The van der Waals surface area contributed by atoms with Crippen LogP contribution in [0.25, 0.3) is 5.69 Å². The molecule has 0 unspecified atom stereocenters. The van der Waals surface area contributed by atoms with Crippen molar-refractivity contribution in [2.75, 3.05) is 12.4 Å². The Labute approximate surface area is 197 Å². The van der Waals surface area contributed by atoms with Crippen LogP contribution in [-0.4, -0.2) is 22.8 Å². The predicted molar refractivity (Wildman–Crippen MR) is 130 cm³/mol. The van der Waals surface area contributed by atoms with Crippen LogP contribution in [-0.2, 0) is 6.61 Å². The monoisotopic (exact) mass is 461 g/mol. The minimum absolute atomic E-state index is 0.196. The first-order valence-corrected chi connectivity index (χ1v) is 10.8. The molecule has 0 aliphatic carbocycles. The number of amides is 1. The summed E-state index contributed by atoms with van der Waals surface area (Å²) < 4.78 is 12.7. The van der Waals surface area contributed by atoms with Gasteiger partial charge in [-0.1, -0.05) is 23.7 Å². The molecule has 33 heavy (non-hydrogen) atoms. The van der Waals surface area contributed by atoms with Gasteiger partial charge in [-0.3, -0.25) is 4.79 Å². The fourth-order valence-corrected chi connectivity index (χ4v) is 3.47. The maximum atomic E-state index is 12.6. The predicted octanol–water partition coefficient (Wildman–Crippen LogP) is 5.98. The van der Waals surface area contributed by atoms with Gasteiger partial charge in [0.2, 0.25) is 0 Å². The molecule has 3 aromatic carbocycles. The van der Waals surface area contributed by atoms with Crippen LogP contribution in [0.3, 0.4) is 0 Å². The van der Waals surface area contributed by atoms with Crippen LogP contribution >= 0.6 is 11.6 Å². The summed E-state index contributed by atoms with van der Waals surface area (Å²) in [5, 5.41) is 8.01. The molecule has 1 heterocycles. The Bertz CT molecular complexity index is 1250. The SMILES string of the molecule is COc1ccc(COc2ccc(C(=O)Nc3ccc(-n4nc(C)c(Cl)c4C)cc3)cc2)cc1. The number of rotatable bonds is 7. The van der Waals surface area contributed by atoms with Crippen molar-refractivity contribution in [2.24, 2.45) is 0 Å². The molecule has 0 radical (unpaired) electrons. The summed E-state index contributed by atoms with van der Waals surface area (Å²) in [6.45, 7) is 4.22. The average Bonchev–Trinajstić information content (AvgIpc) is 3.11. The van der Waals surface area contributed by atoms with Crippen LogP contribution in [0.2, 0.25) is 5.02 Å². The number of carbonyl (C=O) groups excluding carboxylic acids is 1. The van der Waals surface area contributed by atoms with Crippen molar-refractivity contribution in [3.05, 3.63) is 100 Å². The van der Waals surface area contributed by atoms with E-state index in [2.05, 4.69) is 10.4 Å². The van der Waals surface area contributed by atoms with Crippen molar-refractivity contribution >= 4 is 23.2 Å². The van der Waals surface area contributed by atoms with E-state index in [1.807, 2.05) is 62.4 Å². The number of anilines is 1. The van der Waals surface area contributed by atoms with Gasteiger partial charge in [0.25, 0.3) is 5.91 Å². The van der Waals surface area contributed by atoms with Gasteiger partial charge in [-0.15, -0.1) is 0 Å². The highest BCUT2D eigenvalue weighted by Crippen LogP contribution is 2.23. The number of aryl methyl sites for hydroxylation is 1. The van der Waals surface area contributed by atoms with E-state index in [9.17, 15) is 4.79 Å². The first kappa shape index (κ1) is 22.4. The standard InChI is InChI=1S/C26H24ClN3O3/c1-17-25(27)18(2)30(29-17)22-10-8-21(9-11-22)28-26(31)20-6-14-24(15-7-20)33-16-19-4-12-23(32-3)13-5-19/h4-15H,16H2,1-3H3,(H,28,31). The number of hydrogen-bond acceptors (Lipinski definition) is 4. The lowest BCUT2D eigenvalue weighted by atomic mass is 10.2. The van der Waals surface area contributed by atoms with Gasteiger partial charge in [-0.2, -0.15) is 5.10 Å². The van der Waals surface area contributed by atoms with Crippen LogP contribution < -0.4 is 14.8 Å². The lowest BCUT2D eigenvalue weighted by Gasteiger charge is -2.10. The van der Waals surface area contributed by atoms with Gasteiger partial charge in [-0.25, -0.2) is 4.68 Å². The van der Waals surface area contributed by atoms with E-state index in [0.29, 0.717) is 28.6 Å². The van der Waals surface area contributed by atoms with Crippen LogP contribution in [0.4, 0.5) is 5.69 Å². The molecule has 1 aromatic heterocycles. The summed E-state index contributed by atoms with van der Waals surface area (Å²) in [7, 11) is 1.64. The maximum Gasteiger partial charge on any atom is 0.255 e. The Hall–Kier alpha value is -3.77. The molecule has 1 amide bonds. The Morgan fingerprint density at radius 3 is 2.15 bits per heavy atom. The van der Waals surface area contributed by atoms with Crippen molar-refractivity contribution < 1.29 is 14.3 Å². The third kappa shape index (κ3) is 5.18. The second kappa shape index (κ2) is 9.79. The number of carbonyl (C=O) groups is 1. The van der Waals surface area contributed by atoms with Gasteiger partial charge in [-0.05, 0) is 80.1 Å². The van der Waals surface area contributed by atoms with E-state index < -0.39 is 0 Å². The summed E-state index contributed by atoms with van der Waals surface area (Å²) in [5.74, 6) is 1.30. The molecule has 6 nitrogen and oxygen atoms in total. The number of ether oxygens (including phenoxy) is 2. The number of methoxy groups -OCH3 is 1. The van der Waals surface area contributed by atoms with Gasteiger partial charge >= 0.3 is 0 Å². The summed E-state index contributed by atoms with van der Waals surface area (Å²) in [4.78, 5) is 12.6. The summed E-state index contributed by atoms with van der Waals surface area (Å²) in [6, 6.07) is 22.2. The molecule has 4 aromatic rings. The molecular weight excluding hydrogens is 438 g/mol. The average molecular weight is 462 g/mol. The van der Waals surface area contributed by atoms with E-state index in [4.69, 9.17) is 21.1 Å². The minimum atomic E-state index is -0.196.